The summed E-state index contributed by atoms with van der Waals surface area (Å²) >= 11 is 0. The predicted octanol–water partition coefficient (Wildman–Crippen LogP) is 2.64. The minimum absolute atomic E-state index is 0.438. The zero-order valence-electron chi connectivity index (χ0n) is 11.1. The average Bonchev–Trinajstić information content (AvgIpc) is 2.90. The summed E-state index contributed by atoms with van der Waals surface area (Å²) in [5.41, 5.74) is 0.438. The molecule has 1 aliphatic heterocycles. The van der Waals surface area contributed by atoms with E-state index in [1.54, 1.807) is 0 Å². The topological polar surface area (TPSA) is 15.3 Å². The van der Waals surface area contributed by atoms with Crippen molar-refractivity contribution in [2.45, 2.75) is 57.4 Å². The highest BCUT2D eigenvalue weighted by Gasteiger charge is 2.32. The van der Waals surface area contributed by atoms with E-state index in [0.717, 1.165) is 5.92 Å². The Kier molecular flexibility index (Phi) is 4.26. The lowest BCUT2D eigenvalue weighted by molar-refractivity contribution is 0.196. The fourth-order valence-corrected chi connectivity index (χ4v) is 3.63. The van der Waals surface area contributed by atoms with Gasteiger partial charge in [0.1, 0.15) is 0 Å². The van der Waals surface area contributed by atoms with Gasteiger partial charge in [0.05, 0.1) is 0 Å². The molecule has 0 spiro atoms. The molecule has 2 heteroatoms. The highest BCUT2D eigenvalue weighted by Crippen LogP contribution is 2.27. The Hall–Kier alpha value is -0.0800. The van der Waals surface area contributed by atoms with Gasteiger partial charge in [0.15, 0.2) is 0 Å². The molecule has 0 aromatic heterocycles. The van der Waals surface area contributed by atoms with Crippen LogP contribution in [0.25, 0.3) is 0 Å². The van der Waals surface area contributed by atoms with Gasteiger partial charge >= 0.3 is 0 Å². The van der Waals surface area contributed by atoms with E-state index in [2.05, 4.69) is 24.2 Å². The molecule has 1 N–H and O–H groups in total. The summed E-state index contributed by atoms with van der Waals surface area (Å²) in [4.78, 5) is 2.58. The second-order valence-corrected chi connectivity index (χ2v) is 6.01. The Balaban J connectivity index is 1.78. The fraction of sp³-hybridized carbons (Fsp3) is 1.00. The van der Waals surface area contributed by atoms with Gasteiger partial charge in [-0.2, -0.15) is 0 Å². The minimum Gasteiger partial charge on any atom is -0.310 e. The lowest BCUT2D eigenvalue weighted by Gasteiger charge is -2.34. The van der Waals surface area contributed by atoms with Crippen molar-refractivity contribution < 1.29 is 0 Å². The van der Waals surface area contributed by atoms with E-state index in [1.807, 2.05) is 0 Å². The molecular weight excluding hydrogens is 196 g/mol. The van der Waals surface area contributed by atoms with Gasteiger partial charge < -0.3 is 10.2 Å². The number of hydrogen-bond acceptors (Lipinski definition) is 2. The maximum absolute atomic E-state index is 3.73. The largest absolute Gasteiger partial charge is 0.310 e. The van der Waals surface area contributed by atoms with Gasteiger partial charge in [-0.05, 0) is 51.6 Å². The summed E-state index contributed by atoms with van der Waals surface area (Å²) in [6, 6.07) is 0. The normalized spacial score (nSPS) is 31.7. The average molecular weight is 224 g/mol. The molecule has 1 atom stereocenters. The van der Waals surface area contributed by atoms with Crippen molar-refractivity contribution in [2.24, 2.45) is 5.92 Å². The summed E-state index contributed by atoms with van der Waals surface area (Å²) in [5, 5.41) is 3.73. The molecule has 0 aromatic carbocycles. The van der Waals surface area contributed by atoms with Gasteiger partial charge in [-0.3, -0.25) is 0 Å². The van der Waals surface area contributed by atoms with Crippen molar-refractivity contribution in [1.29, 1.82) is 0 Å². The predicted molar refractivity (Wildman–Crippen MR) is 69.7 cm³/mol. The standard InChI is InChI=1S/C14H28N2/c1-3-14(9-6-10-15-14)12-16(2)11-13-7-4-5-8-13/h13,15H,3-12H2,1-2H3. The number of hydrogen-bond donors (Lipinski definition) is 1. The summed E-state index contributed by atoms with van der Waals surface area (Å²) in [7, 11) is 2.32. The van der Waals surface area contributed by atoms with Crippen molar-refractivity contribution in [3.63, 3.8) is 0 Å². The SMILES string of the molecule is CCC1(CN(C)CC2CCCC2)CCCN1. The molecule has 1 unspecified atom stereocenters. The molecule has 94 valence electrons. The highest BCUT2D eigenvalue weighted by atomic mass is 15.2. The number of nitrogens with zero attached hydrogens (tertiary/aromatic N) is 1. The van der Waals surface area contributed by atoms with Gasteiger partial charge in [0.25, 0.3) is 0 Å². The van der Waals surface area contributed by atoms with Crippen molar-refractivity contribution in [1.82, 2.24) is 10.2 Å². The Labute approximate surface area is 101 Å². The second-order valence-electron chi connectivity index (χ2n) is 6.01. The monoisotopic (exact) mass is 224 g/mol. The third kappa shape index (κ3) is 2.98. The quantitative estimate of drug-likeness (QED) is 0.772. The first kappa shape index (κ1) is 12.4. The molecule has 2 aliphatic rings. The van der Waals surface area contributed by atoms with Gasteiger partial charge in [0, 0.05) is 18.6 Å². The van der Waals surface area contributed by atoms with Crippen LogP contribution in [-0.2, 0) is 0 Å². The van der Waals surface area contributed by atoms with Gasteiger partial charge in [-0.25, -0.2) is 0 Å². The van der Waals surface area contributed by atoms with Gasteiger partial charge in [0.2, 0.25) is 0 Å². The van der Waals surface area contributed by atoms with E-state index in [1.165, 1.54) is 64.6 Å². The minimum atomic E-state index is 0.438. The fourth-order valence-electron chi connectivity index (χ4n) is 3.63. The molecule has 1 saturated carbocycles. The third-order valence-corrected chi connectivity index (χ3v) is 4.63. The molecule has 1 heterocycles. The molecule has 16 heavy (non-hydrogen) atoms. The van der Waals surface area contributed by atoms with Crippen LogP contribution in [0.15, 0.2) is 0 Å². The Morgan fingerprint density at radius 1 is 1.25 bits per heavy atom. The first-order valence-electron chi connectivity index (χ1n) is 7.18. The molecule has 0 bridgehead atoms. The van der Waals surface area contributed by atoms with Crippen LogP contribution in [0.2, 0.25) is 0 Å². The summed E-state index contributed by atoms with van der Waals surface area (Å²) in [6.07, 6.45) is 9.89. The molecule has 2 nitrogen and oxygen atoms in total. The van der Waals surface area contributed by atoms with Gasteiger partial charge in [-0.1, -0.05) is 19.8 Å². The van der Waals surface area contributed by atoms with Crippen LogP contribution in [0, 0.1) is 5.92 Å². The van der Waals surface area contributed by atoms with Crippen LogP contribution >= 0.6 is 0 Å². The lowest BCUT2D eigenvalue weighted by atomic mass is 9.93. The van der Waals surface area contributed by atoms with E-state index < -0.39 is 0 Å². The van der Waals surface area contributed by atoms with Crippen molar-refractivity contribution >= 4 is 0 Å². The zero-order valence-corrected chi connectivity index (χ0v) is 11.1. The van der Waals surface area contributed by atoms with Crippen LogP contribution in [0.1, 0.15) is 51.9 Å². The lowest BCUT2D eigenvalue weighted by Crippen LogP contribution is -2.49. The van der Waals surface area contributed by atoms with Crippen molar-refractivity contribution in [3.8, 4) is 0 Å². The Bertz CT molecular complexity index is 203. The van der Waals surface area contributed by atoms with E-state index >= 15 is 0 Å². The van der Waals surface area contributed by atoms with E-state index in [4.69, 9.17) is 0 Å². The summed E-state index contributed by atoms with van der Waals surface area (Å²) < 4.78 is 0. The molecule has 0 amide bonds. The van der Waals surface area contributed by atoms with Gasteiger partial charge in [-0.15, -0.1) is 0 Å². The van der Waals surface area contributed by atoms with Crippen LogP contribution in [0.3, 0.4) is 0 Å². The third-order valence-electron chi connectivity index (χ3n) is 4.63. The zero-order chi connectivity index (χ0) is 11.4. The molecule has 1 saturated heterocycles. The smallest absolute Gasteiger partial charge is 0.0306 e. The number of nitrogens with one attached hydrogen (secondary N) is 1. The Morgan fingerprint density at radius 2 is 2.00 bits per heavy atom. The highest BCUT2D eigenvalue weighted by molar-refractivity contribution is 4.94. The van der Waals surface area contributed by atoms with E-state index in [9.17, 15) is 0 Å². The molecule has 0 radical (unpaired) electrons. The first-order valence-corrected chi connectivity index (χ1v) is 7.18. The first-order chi connectivity index (χ1) is 7.74. The molecular formula is C14H28N2. The van der Waals surface area contributed by atoms with E-state index in [0.29, 0.717) is 5.54 Å². The molecule has 1 aliphatic carbocycles. The molecule has 0 aromatic rings. The summed E-state index contributed by atoms with van der Waals surface area (Å²) in [6.45, 7) is 6.14. The van der Waals surface area contributed by atoms with Crippen molar-refractivity contribution in [2.75, 3.05) is 26.7 Å². The molecule has 2 fully saturated rings. The van der Waals surface area contributed by atoms with Crippen LogP contribution < -0.4 is 5.32 Å². The van der Waals surface area contributed by atoms with Crippen LogP contribution in [-0.4, -0.2) is 37.1 Å². The second kappa shape index (κ2) is 5.50. The van der Waals surface area contributed by atoms with Crippen molar-refractivity contribution in [3.05, 3.63) is 0 Å². The number of rotatable bonds is 5. The summed E-state index contributed by atoms with van der Waals surface area (Å²) in [5.74, 6) is 0.986. The van der Waals surface area contributed by atoms with Crippen LogP contribution in [0.5, 0.6) is 0 Å². The van der Waals surface area contributed by atoms with Crippen LogP contribution in [0.4, 0.5) is 0 Å². The van der Waals surface area contributed by atoms with E-state index in [-0.39, 0.29) is 0 Å². The number of likely N-dealkylation sites (N-methyl/N-ethyl adjacent to an activating group) is 1. The maximum atomic E-state index is 3.73. The maximum Gasteiger partial charge on any atom is 0.0306 e. The Morgan fingerprint density at radius 3 is 2.56 bits per heavy atom. The molecule has 2 rings (SSSR count).